The number of aromatic nitrogens is 4. The van der Waals surface area contributed by atoms with E-state index in [0.717, 1.165) is 56.9 Å². The third-order valence-corrected chi connectivity index (χ3v) is 12.8. The number of alkyl halides is 3. The van der Waals surface area contributed by atoms with Crippen molar-refractivity contribution >= 4 is 43.6 Å². The van der Waals surface area contributed by atoms with Crippen LogP contribution in [0.2, 0.25) is 0 Å². The van der Waals surface area contributed by atoms with Gasteiger partial charge in [0.25, 0.3) is 0 Å². The minimum absolute atomic E-state index is 0.0563. The molecule has 8 aromatic carbocycles. The molecule has 0 aliphatic rings. The lowest BCUT2D eigenvalue weighted by atomic mass is 9.98. The fourth-order valence-electron chi connectivity index (χ4n) is 9.75. The fourth-order valence-corrected chi connectivity index (χ4v) is 9.75. The summed E-state index contributed by atoms with van der Waals surface area (Å²) in [4.78, 5) is 9.20. The van der Waals surface area contributed by atoms with Gasteiger partial charge in [0.15, 0.2) is 0 Å². The molecule has 0 spiro atoms. The Labute approximate surface area is 386 Å². The first-order chi connectivity index (χ1) is 33.2. The van der Waals surface area contributed by atoms with Crippen molar-refractivity contribution in [2.24, 2.45) is 0 Å². The lowest BCUT2D eigenvalue weighted by Gasteiger charge is -2.23. The van der Waals surface area contributed by atoms with E-state index in [0.29, 0.717) is 43.6 Å². The topological polar surface area (TPSA) is 35.6 Å². The zero-order valence-corrected chi connectivity index (χ0v) is 35.9. The van der Waals surface area contributed by atoms with E-state index < -0.39 is 28.9 Å². The third-order valence-electron chi connectivity index (χ3n) is 12.8. The molecule has 0 amide bonds. The van der Waals surface area contributed by atoms with Crippen LogP contribution < -0.4 is 0 Å². The Hall–Kier alpha value is -8.69. The summed E-state index contributed by atoms with van der Waals surface area (Å²) in [5, 5.41) is 2.80. The molecule has 0 aliphatic heterocycles. The molecule has 68 heavy (non-hydrogen) atoms. The van der Waals surface area contributed by atoms with Crippen molar-refractivity contribution < 1.29 is 22.0 Å². The van der Waals surface area contributed by atoms with Crippen LogP contribution in [0, 0.1) is 11.6 Å². The van der Waals surface area contributed by atoms with Crippen LogP contribution >= 0.6 is 0 Å². The number of benzene rings is 8. The first-order valence-corrected chi connectivity index (χ1v) is 22.0. The van der Waals surface area contributed by atoms with E-state index in [1.54, 1.807) is 45.8 Å². The number of nitrogens with zero attached hydrogens (tertiary/aromatic N) is 4. The molecule has 0 atom stereocenters. The molecule has 0 fully saturated rings. The largest absolute Gasteiger partial charge is 0.420 e. The van der Waals surface area contributed by atoms with Crippen molar-refractivity contribution in [3.8, 4) is 67.3 Å². The van der Waals surface area contributed by atoms with Gasteiger partial charge in [0, 0.05) is 45.1 Å². The second kappa shape index (κ2) is 16.0. The fraction of sp³-hybridized carbons (Fsp3) is 0.0169. The molecule has 4 aromatic heterocycles. The maximum absolute atomic E-state index is 16.5. The highest BCUT2D eigenvalue weighted by Crippen LogP contribution is 2.47. The lowest BCUT2D eigenvalue weighted by Crippen LogP contribution is -2.16. The van der Waals surface area contributed by atoms with Gasteiger partial charge in [-0.05, 0) is 113 Å². The van der Waals surface area contributed by atoms with Crippen molar-refractivity contribution in [2.75, 3.05) is 0 Å². The number of halogens is 5. The summed E-state index contributed by atoms with van der Waals surface area (Å²) in [6, 6.07) is 59.3. The van der Waals surface area contributed by atoms with Crippen LogP contribution in [0.25, 0.3) is 111 Å². The Bertz CT molecular complexity index is 3690. The Morgan fingerprint density at radius 1 is 0.338 bits per heavy atom. The van der Waals surface area contributed by atoms with Crippen molar-refractivity contribution in [3.05, 3.63) is 230 Å². The molecular weight excluding hydrogens is 860 g/mol. The Morgan fingerprint density at radius 3 is 1.21 bits per heavy atom. The average molecular weight is 895 g/mol. The van der Waals surface area contributed by atoms with Crippen LogP contribution in [-0.4, -0.2) is 19.1 Å². The zero-order chi connectivity index (χ0) is 46.1. The SMILES string of the molecule is Fc1cccc(F)c1-c1cc(-n2c3ccccc3c3cc(-c4ccnc(-c5ccccc5)c4)ccc32)c(C(F)(F)F)c(-n2c3ccccc3c3cc(-c4ccnc(-c5ccccc5)c4)ccc32)c1. The van der Waals surface area contributed by atoms with E-state index in [2.05, 4.69) is 9.97 Å². The second-order valence-corrected chi connectivity index (χ2v) is 16.7. The molecule has 9 heteroatoms. The summed E-state index contributed by atoms with van der Waals surface area (Å²) >= 11 is 0. The van der Waals surface area contributed by atoms with E-state index in [9.17, 15) is 0 Å². The summed E-state index contributed by atoms with van der Waals surface area (Å²) in [7, 11) is 0. The quantitative estimate of drug-likeness (QED) is 0.149. The van der Waals surface area contributed by atoms with Gasteiger partial charge < -0.3 is 9.13 Å². The van der Waals surface area contributed by atoms with Crippen molar-refractivity contribution in [1.82, 2.24) is 19.1 Å². The molecular formula is C59H35F5N4. The maximum atomic E-state index is 16.5. The summed E-state index contributed by atoms with van der Waals surface area (Å²) in [5.41, 5.74) is 6.79. The van der Waals surface area contributed by atoms with Gasteiger partial charge in [0.1, 0.15) is 17.2 Å². The van der Waals surface area contributed by atoms with Crippen molar-refractivity contribution in [3.63, 3.8) is 0 Å². The highest BCUT2D eigenvalue weighted by Gasteiger charge is 2.40. The molecule has 0 radical (unpaired) electrons. The van der Waals surface area contributed by atoms with Crippen LogP contribution in [0.3, 0.4) is 0 Å². The number of fused-ring (bicyclic) bond motifs is 6. The van der Waals surface area contributed by atoms with Crippen molar-refractivity contribution in [2.45, 2.75) is 6.18 Å². The first-order valence-electron chi connectivity index (χ1n) is 22.0. The molecule has 0 saturated carbocycles. The highest BCUT2D eigenvalue weighted by atomic mass is 19.4. The number of para-hydroxylation sites is 2. The van der Waals surface area contributed by atoms with Gasteiger partial charge in [-0.2, -0.15) is 13.2 Å². The monoisotopic (exact) mass is 894 g/mol. The summed E-state index contributed by atoms with van der Waals surface area (Å²) < 4.78 is 84.8. The molecule has 4 heterocycles. The molecule has 4 nitrogen and oxygen atoms in total. The molecule has 12 rings (SSSR count). The highest BCUT2D eigenvalue weighted by molar-refractivity contribution is 6.12. The minimum atomic E-state index is -4.97. The van der Waals surface area contributed by atoms with E-state index in [4.69, 9.17) is 0 Å². The molecule has 0 saturated heterocycles. The predicted octanol–water partition coefficient (Wildman–Crippen LogP) is 16.3. The third kappa shape index (κ3) is 6.81. The summed E-state index contributed by atoms with van der Waals surface area (Å²) in [5.74, 6) is -1.81. The summed E-state index contributed by atoms with van der Waals surface area (Å²) in [6.45, 7) is 0. The zero-order valence-electron chi connectivity index (χ0n) is 35.9. The van der Waals surface area contributed by atoms with Gasteiger partial charge in [-0.15, -0.1) is 0 Å². The van der Waals surface area contributed by atoms with Gasteiger partial charge in [-0.3, -0.25) is 9.97 Å². The van der Waals surface area contributed by atoms with E-state index in [1.807, 2.05) is 146 Å². The minimum Gasteiger partial charge on any atom is -0.309 e. The van der Waals surface area contributed by atoms with Gasteiger partial charge in [-0.25, -0.2) is 8.78 Å². The van der Waals surface area contributed by atoms with E-state index in [-0.39, 0.29) is 16.9 Å². The second-order valence-electron chi connectivity index (χ2n) is 16.7. The van der Waals surface area contributed by atoms with E-state index >= 15 is 22.0 Å². The average Bonchev–Trinajstić information content (AvgIpc) is 3.88. The first kappa shape index (κ1) is 40.8. The summed E-state index contributed by atoms with van der Waals surface area (Å²) in [6.07, 6.45) is -1.49. The van der Waals surface area contributed by atoms with Gasteiger partial charge in [-0.1, -0.05) is 115 Å². The van der Waals surface area contributed by atoms with E-state index in [1.165, 1.54) is 18.2 Å². The molecule has 12 aromatic rings. The van der Waals surface area contributed by atoms with Crippen LogP contribution in [-0.2, 0) is 6.18 Å². The smallest absolute Gasteiger partial charge is 0.309 e. The normalized spacial score (nSPS) is 11.9. The maximum Gasteiger partial charge on any atom is 0.420 e. The molecule has 0 N–H and O–H groups in total. The van der Waals surface area contributed by atoms with Gasteiger partial charge >= 0.3 is 6.18 Å². The Balaban J connectivity index is 1.13. The van der Waals surface area contributed by atoms with Crippen molar-refractivity contribution in [1.29, 1.82) is 0 Å². The van der Waals surface area contributed by atoms with Crippen LogP contribution in [0.4, 0.5) is 22.0 Å². The van der Waals surface area contributed by atoms with Crippen LogP contribution in [0.5, 0.6) is 0 Å². The standard InChI is InChI=1S/C59H35F5N4/c60-47-18-11-19-48(61)57(47)42-34-55(67-51-20-9-7-16-43(51)45-30-38(22-24-53(45)67)40-26-28-65-49(32-40)36-12-3-1-4-13-36)58(59(62,63)64)56(35-42)68-52-21-10-8-17-44(52)46-31-39(23-25-54(46)68)41-27-29-66-50(33-41)37-14-5-2-6-15-37/h1-35H. The van der Waals surface area contributed by atoms with Gasteiger partial charge in [0.2, 0.25) is 0 Å². The Kier molecular flexibility index (Phi) is 9.62. The lowest BCUT2D eigenvalue weighted by molar-refractivity contribution is -0.137. The number of pyridine rings is 2. The molecule has 326 valence electrons. The number of hydrogen-bond acceptors (Lipinski definition) is 2. The van der Waals surface area contributed by atoms with Gasteiger partial charge in [0.05, 0.1) is 50.4 Å². The number of rotatable bonds is 7. The van der Waals surface area contributed by atoms with Crippen LogP contribution in [0.1, 0.15) is 5.56 Å². The molecule has 0 aliphatic carbocycles. The van der Waals surface area contributed by atoms with Crippen LogP contribution in [0.15, 0.2) is 213 Å². The Morgan fingerprint density at radius 2 is 0.750 bits per heavy atom. The molecule has 0 unspecified atom stereocenters. The predicted molar refractivity (Wildman–Crippen MR) is 263 cm³/mol. The number of hydrogen-bond donors (Lipinski definition) is 0. The molecule has 0 bridgehead atoms.